The van der Waals surface area contributed by atoms with Crippen LogP contribution in [0.1, 0.15) is 31.2 Å². The van der Waals surface area contributed by atoms with Crippen molar-refractivity contribution in [1.29, 1.82) is 0 Å². The van der Waals surface area contributed by atoms with E-state index in [1.165, 1.54) is 31.7 Å². The van der Waals surface area contributed by atoms with Gasteiger partial charge in [0.15, 0.2) is 5.96 Å². The van der Waals surface area contributed by atoms with Crippen LogP contribution in [-0.4, -0.2) is 35.5 Å². The molecule has 1 saturated heterocycles. The lowest BCUT2D eigenvalue weighted by Crippen LogP contribution is -2.38. The molecule has 23 heavy (non-hydrogen) atoms. The molecule has 126 valence electrons. The molecule has 2 aromatic rings. The average Bonchev–Trinajstić information content (AvgIpc) is 2.74. The highest BCUT2D eigenvalue weighted by atomic mass is 127. The fourth-order valence-electron chi connectivity index (χ4n) is 3.05. The zero-order chi connectivity index (χ0) is 15.4. The minimum atomic E-state index is -0.207. The van der Waals surface area contributed by atoms with Gasteiger partial charge in [0, 0.05) is 36.7 Å². The molecule has 4 nitrogen and oxygen atoms in total. The smallest absolute Gasteiger partial charge is 0.191 e. The first-order chi connectivity index (χ1) is 10.7. The summed E-state index contributed by atoms with van der Waals surface area (Å²) in [6, 6.07) is 4.81. The van der Waals surface area contributed by atoms with Gasteiger partial charge in [0.1, 0.15) is 5.82 Å². The minimum absolute atomic E-state index is 0. The van der Waals surface area contributed by atoms with Crippen LogP contribution in [0, 0.1) is 5.82 Å². The van der Waals surface area contributed by atoms with Crippen LogP contribution in [0.5, 0.6) is 0 Å². The first-order valence-corrected chi connectivity index (χ1v) is 8.04. The van der Waals surface area contributed by atoms with Crippen LogP contribution in [0.25, 0.3) is 10.9 Å². The van der Waals surface area contributed by atoms with Crippen molar-refractivity contribution in [3.05, 3.63) is 35.8 Å². The van der Waals surface area contributed by atoms with Gasteiger partial charge in [0.25, 0.3) is 0 Å². The lowest BCUT2D eigenvalue weighted by Gasteiger charge is -2.21. The molecule has 0 bridgehead atoms. The fourth-order valence-corrected chi connectivity index (χ4v) is 3.05. The van der Waals surface area contributed by atoms with E-state index in [1.807, 2.05) is 6.20 Å². The summed E-state index contributed by atoms with van der Waals surface area (Å²) < 4.78 is 13.4. The number of hydrogen-bond donors (Lipinski definition) is 2. The van der Waals surface area contributed by atoms with Crippen molar-refractivity contribution in [1.82, 2.24) is 9.88 Å². The number of nitrogens with zero attached hydrogens (tertiary/aromatic N) is 2. The predicted molar refractivity (Wildman–Crippen MR) is 104 cm³/mol. The normalized spacial score (nSPS) is 16.2. The minimum Gasteiger partial charge on any atom is -0.370 e. The Hall–Kier alpha value is -1.31. The fraction of sp³-hybridized carbons (Fsp3) is 0.471. The molecule has 1 aliphatic rings. The lowest BCUT2D eigenvalue weighted by atomic mass is 10.1. The standard InChI is InChI=1S/C17H23FN4.HI/c18-14-5-6-16-15(11-14)13(12-21-16)7-8-20-17(19)22-9-3-1-2-4-10-22;/h5-6,11-12,21H,1-4,7-10H2,(H2,19,20);1H. The molecule has 0 unspecified atom stereocenters. The molecule has 0 amide bonds. The van der Waals surface area contributed by atoms with Gasteiger partial charge in [-0.3, -0.25) is 4.99 Å². The highest BCUT2D eigenvalue weighted by molar-refractivity contribution is 14.0. The third kappa shape index (κ3) is 4.59. The maximum atomic E-state index is 13.4. The molecular formula is C17H24FIN4. The van der Waals surface area contributed by atoms with Gasteiger partial charge in [-0.25, -0.2) is 4.39 Å². The SMILES string of the molecule is I.NC(=NCCc1c[nH]c2ccc(F)cc12)N1CCCCCC1. The quantitative estimate of drug-likeness (QED) is 0.444. The van der Waals surface area contributed by atoms with Crippen LogP contribution in [0.15, 0.2) is 29.4 Å². The van der Waals surface area contributed by atoms with Crippen molar-refractivity contribution in [2.75, 3.05) is 19.6 Å². The summed E-state index contributed by atoms with van der Waals surface area (Å²) in [5.74, 6) is 0.439. The second-order valence-corrected chi connectivity index (χ2v) is 5.90. The zero-order valence-electron chi connectivity index (χ0n) is 13.2. The first-order valence-electron chi connectivity index (χ1n) is 8.04. The van der Waals surface area contributed by atoms with Gasteiger partial charge in [-0.2, -0.15) is 0 Å². The van der Waals surface area contributed by atoms with E-state index >= 15 is 0 Å². The molecule has 0 spiro atoms. The molecule has 0 aliphatic carbocycles. The number of rotatable bonds is 3. The molecular weight excluding hydrogens is 406 g/mol. The number of guanidine groups is 1. The summed E-state index contributed by atoms with van der Waals surface area (Å²) in [5, 5.41) is 0.934. The van der Waals surface area contributed by atoms with E-state index in [1.54, 1.807) is 12.1 Å². The molecule has 6 heteroatoms. The van der Waals surface area contributed by atoms with Crippen molar-refractivity contribution in [3.63, 3.8) is 0 Å². The number of aromatic amines is 1. The van der Waals surface area contributed by atoms with Crippen LogP contribution in [0.4, 0.5) is 4.39 Å². The Morgan fingerprint density at radius 2 is 1.96 bits per heavy atom. The van der Waals surface area contributed by atoms with Gasteiger partial charge in [-0.05, 0) is 43.0 Å². The Labute approximate surface area is 153 Å². The van der Waals surface area contributed by atoms with Crippen LogP contribution in [-0.2, 0) is 6.42 Å². The number of aliphatic imine (C=N–C) groups is 1. The Bertz CT molecular complexity index is 660. The number of nitrogens with one attached hydrogen (secondary N) is 1. The van der Waals surface area contributed by atoms with Crippen molar-refractivity contribution in [2.24, 2.45) is 10.7 Å². The summed E-state index contributed by atoms with van der Waals surface area (Å²) in [4.78, 5) is 9.86. The molecule has 0 saturated carbocycles. The van der Waals surface area contributed by atoms with Gasteiger partial charge in [0.05, 0.1) is 0 Å². The number of likely N-dealkylation sites (tertiary alicyclic amines) is 1. The monoisotopic (exact) mass is 430 g/mol. The van der Waals surface area contributed by atoms with Crippen molar-refractivity contribution >= 4 is 40.8 Å². The summed E-state index contributed by atoms with van der Waals surface area (Å²) in [6.45, 7) is 2.65. The first kappa shape index (κ1) is 18.0. The second kappa shape index (κ2) is 8.52. The lowest BCUT2D eigenvalue weighted by molar-refractivity contribution is 0.428. The van der Waals surface area contributed by atoms with E-state index in [4.69, 9.17) is 5.73 Å². The average molecular weight is 430 g/mol. The van der Waals surface area contributed by atoms with E-state index < -0.39 is 0 Å². The largest absolute Gasteiger partial charge is 0.370 e. The number of H-pyrrole nitrogens is 1. The second-order valence-electron chi connectivity index (χ2n) is 5.90. The maximum absolute atomic E-state index is 13.4. The molecule has 1 aromatic carbocycles. The summed E-state index contributed by atoms with van der Waals surface area (Å²) in [6.07, 6.45) is 7.64. The molecule has 1 aromatic heterocycles. The number of nitrogens with two attached hydrogens (primary N) is 1. The number of halogens is 2. The van der Waals surface area contributed by atoms with Gasteiger partial charge < -0.3 is 15.6 Å². The molecule has 0 atom stereocenters. The highest BCUT2D eigenvalue weighted by Gasteiger charge is 2.11. The Morgan fingerprint density at radius 3 is 2.70 bits per heavy atom. The summed E-state index contributed by atoms with van der Waals surface area (Å²) >= 11 is 0. The summed E-state index contributed by atoms with van der Waals surface area (Å²) in [5.41, 5.74) is 8.15. The van der Waals surface area contributed by atoms with Crippen LogP contribution in [0.2, 0.25) is 0 Å². The zero-order valence-corrected chi connectivity index (χ0v) is 15.6. The Kier molecular flexibility index (Phi) is 6.68. The molecule has 2 heterocycles. The molecule has 3 rings (SSSR count). The van der Waals surface area contributed by atoms with Crippen LogP contribution < -0.4 is 5.73 Å². The number of benzene rings is 1. The van der Waals surface area contributed by atoms with Gasteiger partial charge >= 0.3 is 0 Å². The number of fused-ring (bicyclic) bond motifs is 1. The van der Waals surface area contributed by atoms with E-state index in [9.17, 15) is 4.39 Å². The van der Waals surface area contributed by atoms with E-state index in [-0.39, 0.29) is 29.8 Å². The van der Waals surface area contributed by atoms with Crippen molar-refractivity contribution in [3.8, 4) is 0 Å². The third-order valence-electron chi connectivity index (χ3n) is 4.31. The van der Waals surface area contributed by atoms with E-state index in [0.717, 1.165) is 36.0 Å². The predicted octanol–water partition coefficient (Wildman–Crippen LogP) is 3.66. The summed E-state index contributed by atoms with van der Waals surface area (Å²) in [7, 11) is 0. The topological polar surface area (TPSA) is 57.4 Å². The van der Waals surface area contributed by atoms with Gasteiger partial charge in [-0.1, -0.05) is 12.8 Å². The van der Waals surface area contributed by atoms with E-state index in [2.05, 4.69) is 14.9 Å². The van der Waals surface area contributed by atoms with Crippen molar-refractivity contribution in [2.45, 2.75) is 32.1 Å². The molecule has 3 N–H and O–H groups in total. The Morgan fingerprint density at radius 1 is 1.22 bits per heavy atom. The van der Waals surface area contributed by atoms with Crippen LogP contribution in [0.3, 0.4) is 0 Å². The Balaban J connectivity index is 0.00000192. The van der Waals surface area contributed by atoms with E-state index in [0.29, 0.717) is 12.5 Å². The molecule has 1 aliphatic heterocycles. The number of aromatic nitrogens is 1. The van der Waals surface area contributed by atoms with Crippen molar-refractivity contribution < 1.29 is 4.39 Å². The van der Waals surface area contributed by atoms with Gasteiger partial charge in [0.2, 0.25) is 0 Å². The van der Waals surface area contributed by atoms with Gasteiger partial charge in [-0.15, -0.1) is 24.0 Å². The van der Waals surface area contributed by atoms with Crippen LogP contribution >= 0.6 is 24.0 Å². The molecule has 1 fully saturated rings. The third-order valence-corrected chi connectivity index (χ3v) is 4.31. The molecule has 0 radical (unpaired) electrons. The highest BCUT2D eigenvalue weighted by Crippen LogP contribution is 2.19. The maximum Gasteiger partial charge on any atom is 0.191 e. The number of hydrogen-bond acceptors (Lipinski definition) is 1.